The van der Waals surface area contributed by atoms with E-state index in [0.717, 1.165) is 11.8 Å². The number of hydrogen-bond donors (Lipinski definition) is 2. The Morgan fingerprint density at radius 1 is 1.07 bits per heavy atom. The maximum atomic E-state index is 13.3. The van der Waals surface area contributed by atoms with Crippen LogP contribution in [0.2, 0.25) is 0 Å². The summed E-state index contributed by atoms with van der Waals surface area (Å²) in [5.74, 6) is 0.687. The molecule has 2 aliphatic heterocycles. The van der Waals surface area contributed by atoms with Gasteiger partial charge in [0.15, 0.2) is 5.82 Å². The molecule has 1 saturated carbocycles. The number of anilines is 1. The van der Waals surface area contributed by atoms with Crippen LogP contribution in [0.15, 0.2) is 48.8 Å². The van der Waals surface area contributed by atoms with Crippen LogP contribution in [0.25, 0.3) is 22.2 Å². The average Bonchev–Trinajstić information content (AvgIpc) is 3.37. The molecule has 208 valence electrons. The van der Waals surface area contributed by atoms with Crippen molar-refractivity contribution in [2.24, 2.45) is 0 Å². The number of hydrogen-bond acceptors (Lipinski definition) is 8. The molecule has 40 heavy (non-hydrogen) atoms. The van der Waals surface area contributed by atoms with Gasteiger partial charge >= 0.3 is 6.61 Å². The minimum absolute atomic E-state index is 0.0765. The van der Waals surface area contributed by atoms with Crippen molar-refractivity contribution in [2.75, 3.05) is 10.6 Å². The second-order valence-corrected chi connectivity index (χ2v) is 13.0. The van der Waals surface area contributed by atoms with Gasteiger partial charge in [-0.05, 0) is 36.8 Å². The van der Waals surface area contributed by atoms with Gasteiger partial charge in [-0.1, -0.05) is 12.1 Å². The Morgan fingerprint density at radius 2 is 1.80 bits per heavy atom. The van der Waals surface area contributed by atoms with Crippen LogP contribution in [0.3, 0.4) is 0 Å². The van der Waals surface area contributed by atoms with Crippen molar-refractivity contribution in [3.8, 4) is 16.9 Å². The van der Waals surface area contributed by atoms with Crippen LogP contribution in [0, 0.1) is 0 Å². The third kappa shape index (κ3) is 3.71. The number of halogens is 2. The molecule has 2 atom stereocenters. The van der Waals surface area contributed by atoms with E-state index in [1.165, 1.54) is 16.4 Å². The fraction of sp³-hybridized carbons (Fsp3) is 0.370. The van der Waals surface area contributed by atoms with Gasteiger partial charge in [0.25, 0.3) is 0 Å². The maximum absolute atomic E-state index is 13.3. The summed E-state index contributed by atoms with van der Waals surface area (Å²) in [5.41, 5.74) is 1.20. The highest BCUT2D eigenvalue weighted by atomic mass is 32.2. The summed E-state index contributed by atoms with van der Waals surface area (Å²) in [5, 5.41) is 20.8. The summed E-state index contributed by atoms with van der Waals surface area (Å²) in [7, 11) is -3.79. The van der Waals surface area contributed by atoms with Gasteiger partial charge in [0.1, 0.15) is 23.2 Å². The van der Waals surface area contributed by atoms with Gasteiger partial charge in [0.2, 0.25) is 10.0 Å². The van der Waals surface area contributed by atoms with Crippen LogP contribution >= 0.6 is 0 Å². The van der Waals surface area contributed by atoms with Gasteiger partial charge < -0.3 is 19.5 Å². The number of imidazole rings is 1. The monoisotopic (exact) mass is 569 g/mol. The van der Waals surface area contributed by atoms with E-state index in [1.54, 1.807) is 25.4 Å². The summed E-state index contributed by atoms with van der Waals surface area (Å²) in [6, 6.07) is 8.98. The molecule has 0 spiro atoms. The Labute approximate surface area is 227 Å². The molecule has 3 aliphatic rings. The number of ether oxygens (including phenoxy) is 1. The lowest BCUT2D eigenvalue weighted by molar-refractivity contribution is -0.180. The van der Waals surface area contributed by atoms with E-state index in [9.17, 15) is 27.4 Å². The third-order valence-electron chi connectivity index (χ3n) is 7.99. The smallest absolute Gasteiger partial charge is 0.387 e. The van der Waals surface area contributed by atoms with Gasteiger partial charge in [0, 0.05) is 42.8 Å². The summed E-state index contributed by atoms with van der Waals surface area (Å²) in [6.07, 6.45) is 4.92. The molecular formula is C27H25F2N5O5S. The first-order valence-corrected chi connectivity index (χ1v) is 14.6. The molecule has 1 aliphatic carbocycles. The third-order valence-corrected chi connectivity index (χ3v) is 9.16. The first-order chi connectivity index (χ1) is 18.8. The molecule has 0 amide bonds. The van der Waals surface area contributed by atoms with Gasteiger partial charge in [-0.2, -0.15) is 8.78 Å². The van der Waals surface area contributed by atoms with Crippen LogP contribution in [-0.4, -0.2) is 56.6 Å². The predicted molar refractivity (Wildman–Crippen MR) is 140 cm³/mol. The maximum Gasteiger partial charge on any atom is 0.387 e. The highest BCUT2D eigenvalue weighted by molar-refractivity contribution is 7.92. The topological polar surface area (TPSA) is 131 Å². The molecule has 4 aromatic rings. The minimum Gasteiger partial charge on any atom is -0.434 e. The van der Waals surface area contributed by atoms with Crippen LogP contribution in [0.5, 0.6) is 5.75 Å². The predicted octanol–water partition coefficient (Wildman–Crippen LogP) is 3.64. The first-order valence-electron chi connectivity index (χ1n) is 12.7. The van der Waals surface area contributed by atoms with E-state index < -0.39 is 39.9 Å². The molecule has 2 bridgehead atoms. The van der Waals surface area contributed by atoms with Gasteiger partial charge in [0.05, 0.1) is 34.6 Å². The second-order valence-electron chi connectivity index (χ2n) is 11.1. The number of sulfonamides is 1. The van der Waals surface area contributed by atoms with Gasteiger partial charge in [-0.15, -0.1) is 0 Å². The first kappa shape index (κ1) is 25.3. The number of rotatable bonds is 5. The normalized spacial score (nSPS) is 27.0. The number of alkyl halides is 2. The summed E-state index contributed by atoms with van der Waals surface area (Å²) < 4.78 is 60.6. The lowest BCUT2D eigenvalue weighted by atomic mass is 9.68. The molecule has 0 radical (unpaired) electrons. The van der Waals surface area contributed by atoms with Crippen molar-refractivity contribution in [1.82, 2.24) is 19.5 Å². The van der Waals surface area contributed by atoms with Gasteiger partial charge in [-0.25, -0.2) is 23.4 Å². The summed E-state index contributed by atoms with van der Waals surface area (Å²) in [6.45, 7) is -1.42. The van der Waals surface area contributed by atoms with Crippen molar-refractivity contribution in [2.45, 2.75) is 56.1 Å². The van der Waals surface area contributed by atoms with Gasteiger partial charge in [-0.3, -0.25) is 4.31 Å². The molecule has 0 unspecified atom stereocenters. The zero-order chi connectivity index (χ0) is 28.2. The Balaban J connectivity index is 1.34. The van der Waals surface area contributed by atoms with Crippen molar-refractivity contribution in [1.29, 1.82) is 0 Å². The van der Waals surface area contributed by atoms with Crippen molar-refractivity contribution in [3.05, 3.63) is 66.0 Å². The Kier molecular flexibility index (Phi) is 5.17. The molecule has 7 rings (SSSR count). The fourth-order valence-corrected chi connectivity index (χ4v) is 7.80. The molecule has 13 heteroatoms. The molecule has 4 heterocycles. The lowest BCUT2D eigenvalue weighted by Crippen LogP contribution is -2.53. The van der Waals surface area contributed by atoms with Crippen LogP contribution in [0.1, 0.15) is 55.5 Å². The van der Waals surface area contributed by atoms with Crippen LogP contribution in [-0.2, 0) is 15.6 Å². The van der Waals surface area contributed by atoms with E-state index >= 15 is 0 Å². The van der Waals surface area contributed by atoms with E-state index in [0.29, 0.717) is 40.1 Å². The molecular weight excluding hydrogens is 544 g/mol. The number of fused-ring (bicyclic) bond motifs is 9. The Bertz CT molecular complexity index is 1780. The zero-order valence-corrected chi connectivity index (χ0v) is 22.3. The number of benzene rings is 2. The number of aliphatic hydroxyl groups is 2. The van der Waals surface area contributed by atoms with Crippen molar-refractivity contribution in [3.63, 3.8) is 0 Å². The van der Waals surface area contributed by atoms with E-state index in [4.69, 9.17) is 9.72 Å². The number of nitrogens with zero attached hydrogens (tertiary/aromatic N) is 5. The molecule has 10 nitrogen and oxygen atoms in total. The fourth-order valence-electron chi connectivity index (χ4n) is 6.64. The quantitative estimate of drug-likeness (QED) is 0.373. The molecule has 2 aromatic carbocycles. The second kappa shape index (κ2) is 8.18. The number of aromatic nitrogens is 4. The minimum atomic E-state index is -3.79. The summed E-state index contributed by atoms with van der Waals surface area (Å²) in [4.78, 5) is 13.5. The highest BCUT2D eigenvalue weighted by Crippen LogP contribution is 2.56. The molecule has 1 fully saturated rings. The standard InChI is InChI=1S/C27H25F2N5O5S/c1-26(35)12-27(36,13-26)24-30-10-15(11-31-24)14-6-7-16-18(8-14)33-19-9-20(23(33)32-16)34(40(2,37)38)17-4-3-5-21(22(17)19)39-25(28)29/h3-8,10-11,19-20,25,35-36H,9,12-13H2,1-2H3/t19-,20-,26-,27+/m1/s1. The average molecular weight is 570 g/mol. The van der Waals surface area contributed by atoms with Crippen LogP contribution in [0.4, 0.5) is 14.5 Å². The molecule has 0 saturated heterocycles. The Hall–Kier alpha value is -3.68. The van der Waals surface area contributed by atoms with E-state index in [2.05, 4.69) is 9.97 Å². The summed E-state index contributed by atoms with van der Waals surface area (Å²) >= 11 is 0. The largest absolute Gasteiger partial charge is 0.434 e. The molecule has 2 aromatic heterocycles. The van der Waals surface area contributed by atoms with E-state index in [1.807, 2.05) is 22.8 Å². The highest BCUT2D eigenvalue weighted by Gasteiger charge is 2.53. The van der Waals surface area contributed by atoms with E-state index in [-0.39, 0.29) is 24.4 Å². The van der Waals surface area contributed by atoms with Crippen LogP contribution < -0.4 is 9.04 Å². The van der Waals surface area contributed by atoms with Crippen molar-refractivity contribution < 1.29 is 32.1 Å². The van der Waals surface area contributed by atoms with Crippen molar-refractivity contribution >= 4 is 26.7 Å². The Morgan fingerprint density at radius 3 is 2.45 bits per heavy atom. The zero-order valence-electron chi connectivity index (χ0n) is 21.5. The SMILES string of the molecule is CS(=O)(=O)N1c2cccc(OC(F)F)c2[C@H]2C[C@@H]1c1nc3ccc(-c4cnc([C@]5(O)C[C@@](C)(O)C5)nc4)cc3n12. The lowest BCUT2D eigenvalue weighted by Gasteiger charge is -2.46. The molecule has 2 N–H and O–H groups in total.